The number of hydrogen-bond acceptors (Lipinski definition) is 7. The van der Waals surface area contributed by atoms with Crippen LogP contribution in [0.4, 0.5) is 0 Å². The first-order chi connectivity index (χ1) is 14.4. The molecule has 0 amide bonds. The zero-order chi connectivity index (χ0) is 21.0. The summed E-state index contributed by atoms with van der Waals surface area (Å²) in [4.78, 5) is 25.1. The van der Waals surface area contributed by atoms with Crippen molar-refractivity contribution in [1.82, 2.24) is 9.78 Å². The highest BCUT2D eigenvalue weighted by atomic mass is 16.5. The lowest BCUT2D eigenvalue weighted by Gasteiger charge is -2.25. The molecular formula is C22H16N2O6. The molecule has 1 aliphatic rings. The number of fused-ring (bicyclic) bond motifs is 3. The number of nitrogens with zero attached hydrogens (tertiary/aromatic N) is 2. The Labute approximate surface area is 169 Å². The van der Waals surface area contributed by atoms with Crippen molar-refractivity contribution in [2.45, 2.75) is 12.3 Å². The maximum Gasteiger partial charge on any atom is 0.312 e. The number of rotatable bonds is 2. The van der Waals surface area contributed by atoms with E-state index in [-0.39, 0.29) is 40.4 Å². The molecule has 1 atom stereocenters. The van der Waals surface area contributed by atoms with Crippen molar-refractivity contribution in [2.24, 2.45) is 7.05 Å². The van der Waals surface area contributed by atoms with Crippen molar-refractivity contribution in [1.29, 1.82) is 0 Å². The molecule has 0 aliphatic carbocycles. The van der Waals surface area contributed by atoms with E-state index < -0.39 is 17.3 Å². The average Bonchev–Trinajstić information content (AvgIpc) is 3.13. The number of phenolic OH excluding ortho intramolecular Hbond substituents is 2. The number of phenols is 2. The predicted octanol–water partition coefficient (Wildman–Crippen LogP) is 3.05. The van der Waals surface area contributed by atoms with Gasteiger partial charge in [0, 0.05) is 42.4 Å². The predicted molar refractivity (Wildman–Crippen MR) is 107 cm³/mol. The van der Waals surface area contributed by atoms with Gasteiger partial charge in [0.25, 0.3) is 0 Å². The Hall–Kier alpha value is -4.07. The number of hydrogen-bond donors (Lipinski definition) is 2. The maximum absolute atomic E-state index is 12.9. The van der Waals surface area contributed by atoms with Gasteiger partial charge in [0.15, 0.2) is 5.43 Å². The second kappa shape index (κ2) is 6.48. The van der Waals surface area contributed by atoms with Crippen LogP contribution in [0.2, 0.25) is 0 Å². The van der Waals surface area contributed by atoms with Gasteiger partial charge in [0.1, 0.15) is 34.0 Å². The summed E-state index contributed by atoms with van der Waals surface area (Å²) in [5, 5.41) is 24.2. The van der Waals surface area contributed by atoms with Gasteiger partial charge in [-0.1, -0.05) is 0 Å². The minimum atomic E-state index is -0.452. The zero-order valence-corrected chi connectivity index (χ0v) is 15.8. The molecule has 3 heterocycles. The standard InChI is InChI=1S/C22H16N2O6/c1-24-10-12(9-23-24)14-6-19(28)29-18-8-16(27)21-15(26)7-17(30-22(21)20(14)18)11-2-4-13(25)5-3-11/h2-5,7-10,14,25,27H,6H2,1H3/t14-/m0/s1. The molecule has 0 fully saturated rings. The fourth-order valence-electron chi connectivity index (χ4n) is 3.83. The lowest BCUT2D eigenvalue weighted by Crippen LogP contribution is -2.21. The molecule has 5 rings (SSSR count). The summed E-state index contributed by atoms with van der Waals surface area (Å²) < 4.78 is 13.1. The highest BCUT2D eigenvalue weighted by Gasteiger charge is 2.34. The third-order valence-corrected chi connectivity index (χ3v) is 5.20. The third-order valence-electron chi connectivity index (χ3n) is 5.20. The number of carbonyl (C=O) groups excluding carboxylic acids is 1. The Morgan fingerprint density at radius 1 is 1.13 bits per heavy atom. The Morgan fingerprint density at radius 3 is 2.60 bits per heavy atom. The minimum Gasteiger partial charge on any atom is -0.508 e. The molecule has 2 N–H and O–H groups in total. The third kappa shape index (κ3) is 2.81. The second-order valence-electron chi connectivity index (χ2n) is 7.21. The van der Waals surface area contributed by atoms with Crippen molar-refractivity contribution >= 4 is 16.9 Å². The number of aromatic hydroxyl groups is 2. The summed E-state index contributed by atoms with van der Waals surface area (Å²) in [5.41, 5.74) is 1.58. The van der Waals surface area contributed by atoms with E-state index in [1.54, 1.807) is 36.3 Å². The Kier molecular flexibility index (Phi) is 3.89. The number of aryl methyl sites for hydroxylation is 1. The van der Waals surface area contributed by atoms with Crippen molar-refractivity contribution in [3.63, 3.8) is 0 Å². The van der Waals surface area contributed by atoms with Crippen LogP contribution >= 0.6 is 0 Å². The van der Waals surface area contributed by atoms with Crippen LogP contribution in [-0.2, 0) is 11.8 Å². The van der Waals surface area contributed by atoms with Crippen LogP contribution in [0.5, 0.6) is 17.2 Å². The first-order valence-electron chi connectivity index (χ1n) is 9.23. The summed E-state index contributed by atoms with van der Waals surface area (Å²) in [6, 6.07) is 8.76. The number of benzene rings is 2. The van der Waals surface area contributed by atoms with Gasteiger partial charge in [-0.25, -0.2) is 0 Å². The van der Waals surface area contributed by atoms with E-state index >= 15 is 0 Å². The molecule has 2 aromatic heterocycles. The van der Waals surface area contributed by atoms with Gasteiger partial charge in [-0.05, 0) is 29.8 Å². The smallest absolute Gasteiger partial charge is 0.312 e. The van der Waals surface area contributed by atoms with E-state index in [2.05, 4.69) is 5.10 Å². The molecule has 4 aromatic rings. The quantitative estimate of drug-likeness (QED) is 0.390. The second-order valence-corrected chi connectivity index (χ2v) is 7.21. The highest BCUT2D eigenvalue weighted by molar-refractivity contribution is 5.93. The topological polar surface area (TPSA) is 115 Å². The molecule has 8 nitrogen and oxygen atoms in total. The molecule has 1 aliphatic heterocycles. The van der Waals surface area contributed by atoms with Crippen molar-refractivity contribution in [2.75, 3.05) is 0 Å². The Balaban J connectivity index is 1.82. The molecule has 0 saturated carbocycles. The molecule has 0 saturated heterocycles. The Bertz CT molecular complexity index is 1370. The summed E-state index contributed by atoms with van der Waals surface area (Å²) in [6.45, 7) is 0. The van der Waals surface area contributed by atoms with Crippen molar-refractivity contribution in [3.05, 3.63) is 70.1 Å². The molecule has 30 heavy (non-hydrogen) atoms. The number of carbonyl (C=O) groups is 1. The average molecular weight is 404 g/mol. The molecule has 0 bridgehead atoms. The van der Waals surface area contributed by atoms with Gasteiger partial charge >= 0.3 is 5.97 Å². The SMILES string of the molecule is Cn1cc([C@@H]2CC(=O)Oc3cc(O)c4c(=O)cc(-c5ccc(O)cc5)oc4c32)cn1. The van der Waals surface area contributed by atoms with Crippen LogP contribution in [0.3, 0.4) is 0 Å². The van der Waals surface area contributed by atoms with E-state index in [1.165, 1.54) is 24.3 Å². The van der Waals surface area contributed by atoms with Gasteiger partial charge < -0.3 is 19.4 Å². The van der Waals surface area contributed by atoms with Crippen molar-refractivity contribution in [3.8, 4) is 28.6 Å². The molecule has 0 unspecified atom stereocenters. The largest absolute Gasteiger partial charge is 0.508 e. The summed E-state index contributed by atoms with van der Waals surface area (Å²) in [7, 11) is 1.77. The molecule has 0 radical (unpaired) electrons. The maximum atomic E-state index is 12.9. The number of aromatic nitrogens is 2. The van der Waals surface area contributed by atoms with E-state index in [0.29, 0.717) is 11.1 Å². The van der Waals surface area contributed by atoms with Crippen LogP contribution in [0.1, 0.15) is 23.5 Å². The van der Waals surface area contributed by atoms with Crippen LogP contribution < -0.4 is 10.2 Å². The van der Waals surface area contributed by atoms with Gasteiger partial charge in [-0.2, -0.15) is 5.10 Å². The zero-order valence-electron chi connectivity index (χ0n) is 15.8. The summed E-state index contributed by atoms with van der Waals surface area (Å²) in [6.07, 6.45) is 3.48. The first-order valence-corrected chi connectivity index (χ1v) is 9.23. The Morgan fingerprint density at radius 2 is 1.90 bits per heavy atom. The molecule has 0 spiro atoms. The lowest BCUT2D eigenvalue weighted by molar-refractivity contribution is -0.135. The summed E-state index contributed by atoms with van der Waals surface area (Å²) >= 11 is 0. The van der Waals surface area contributed by atoms with Crippen LogP contribution in [-0.4, -0.2) is 26.0 Å². The first kappa shape index (κ1) is 18.0. The number of ether oxygens (including phenoxy) is 1. The fourth-order valence-corrected chi connectivity index (χ4v) is 3.83. The lowest BCUT2D eigenvalue weighted by atomic mass is 9.86. The van der Waals surface area contributed by atoms with Crippen LogP contribution in [0, 0.1) is 0 Å². The molecule has 150 valence electrons. The van der Waals surface area contributed by atoms with E-state index in [9.17, 15) is 19.8 Å². The molecular weight excluding hydrogens is 388 g/mol. The van der Waals surface area contributed by atoms with Crippen LogP contribution in [0.15, 0.2) is 58.0 Å². The fraction of sp³-hybridized carbons (Fsp3) is 0.136. The van der Waals surface area contributed by atoms with Gasteiger partial charge in [0.2, 0.25) is 0 Å². The van der Waals surface area contributed by atoms with Gasteiger partial charge in [0.05, 0.1) is 12.6 Å². The normalized spacial score (nSPS) is 15.8. The summed E-state index contributed by atoms with van der Waals surface area (Å²) in [5.74, 6) is -0.725. The van der Waals surface area contributed by atoms with E-state index in [4.69, 9.17) is 9.15 Å². The molecule has 2 aromatic carbocycles. The monoisotopic (exact) mass is 404 g/mol. The number of esters is 1. The highest BCUT2D eigenvalue weighted by Crippen LogP contribution is 2.45. The molecule has 8 heteroatoms. The minimum absolute atomic E-state index is 0.0168. The van der Waals surface area contributed by atoms with Gasteiger partial charge in [-0.3, -0.25) is 14.3 Å². The van der Waals surface area contributed by atoms with Gasteiger partial charge in [-0.15, -0.1) is 0 Å². The van der Waals surface area contributed by atoms with E-state index in [1.807, 2.05) is 0 Å². The van der Waals surface area contributed by atoms with Crippen LogP contribution in [0.25, 0.3) is 22.3 Å². The van der Waals surface area contributed by atoms with E-state index in [0.717, 1.165) is 5.56 Å². The van der Waals surface area contributed by atoms with Crippen molar-refractivity contribution < 1.29 is 24.2 Å².